The second-order valence-electron chi connectivity index (χ2n) is 6.67. The van der Waals surface area contributed by atoms with Crippen molar-refractivity contribution in [3.8, 4) is 5.75 Å². The van der Waals surface area contributed by atoms with E-state index < -0.39 is 12.0 Å². The molecule has 2 aromatic rings. The summed E-state index contributed by atoms with van der Waals surface area (Å²) in [6.07, 6.45) is 1.65. The second-order valence-corrected chi connectivity index (χ2v) is 6.67. The van der Waals surface area contributed by atoms with E-state index in [4.69, 9.17) is 14.6 Å². The van der Waals surface area contributed by atoms with Gasteiger partial charge in [0.25, 0.3) is 5.91 Å². The summed E-state index contributed by atoms with van der Waals surface area (Å²) in [5, 5.41) is 11.6. The van der Waals surface area contributed by atoms with Crippen LogP contribution in [-0.4, -0.2) is 35.3 Å². The van der Waals surface area contributed by atoms with Gasteiger partial charge >= 0.3 is 0 Å². The molecule has 1 aromatic carbocycles. The number of alkyl halides is 1. The van der Waals surface area contributed by atoms with Crippen LogP contribution in [0.5, 0.6) is 5.75 Å². The molecule has 3 rings (SSSR count). The number of aromatic nitrogens is 1. The van der Waals surface area contributed by atoms with Crippen molar-refractivity contribution in [1.29, 1.82) is 0 Å². The van der Waals surface area contributed by atoms with E-state index in [0.717, 1.165) is 12.8 Å². The molecule has 1 saturated heterocycles. The molecular weight excluding hydrogens is 406 g/mol. The lowest BCUT2D eigenvalue weighted by Crippen LogP contribution is -2.27. The minimum Gasteiger partial charge on any atom is -0.496 e. The molecule has 1 aromatic heterocycles. The van der Waals surface area contributed by atoms with Crippen LogP contribution in [0.4, 0.5) is 14.5 Å². The van der Waals surface area contributed by atoms with Crippen molar-refractivity contribution in [3.05, 3.63) is 53.6 Å². The van der Waals surface area contributed by atoms with Gasteiger partial charge in [0.2, 0.25) is 0 Å². The summed E-state index contributed by atoms with van der Waals surface area (Å²) >= 11 is 0. The molecule has 1 aliphatic rings. The molecule has 0 radical (unpaired) electrons. The number of anilines is 1. The van der Waals surface area contributed by atoms with Gasteiger partial charge in [-0.1, -0.05) is 19.9 Å². The number of amides is 1. The fourth-order valence-electron chi connectivity index (χ4n) is 2.89. The maximum absolute atomic E-state index is 13.0. The molecule has 2 N–H and O–H groups in total. The van der Waals surface area contributed by atoms with Crippen molar-refractivity contribution in [2.75, 3.05) is 12.4 Å². The Balaban J connectivity index is 0.000000303. The van der Waals surface area contributed by atoms with Crippen molar-refractivity contribution >= 4 is 11.6 Å². The number of methoxy groups -OCH3 is 1. The Morgan fingerprint density at radius 3 is 2.48 bits per heavy atom. The van der Waals surface area contributed by atoms with Gasteiger partial charge in [-0.25, -0.2) is 8.78 Å². The number of rotatable bonds is 5. The summed E-state index contributed by atoms with van der Waals surface area (Å²) in [4.78, 5) is 15.8. The predicted octanol–water partition coefficient (Wildman–Crippen LogP) is 4.97. The number of carbonyl (C=O) groups excluding carboxylic acids is 1. The molecule has 2 heterocycles. The fraction of sp³-hybridized carbons (Fsp3) is 0.478. The van der Waals surface area contributed by atoms with Gasteiger partial charge in [-0.05, 0) is 51.0 Å². The third-order valence-corrected chi connectivity index (χ3v) is 4.41. The molecule has 172 valence electrons. The minimum absolute atomic E-state index is 0.0139. The monoisotopic (exact) mass is 438 g/mol. The Morgan fingerprint density at radius 2 is 2.03 bits per heavy atom. The first kappa shape index (κ1) is 26.5. The number of carbonyl (C=O) groups is 1. The number of halogens is 2. The zero-order valence-corrected chi connectivity index (χ0v) is 18.7. The largest absolute Gasteiger partial charge is 0.496 e. The van der Waals surface area contributed by atoms with Gasteiger partial charge in [0, 0.05) is 0 Å². The number of pyridine rings is 1. The Kier molecular flexibility index (Phi) is 11.7. The zero-order chi connectivity index (χ0) is 23.4. The van der Waals surface area contributed by atoms with Crippen LogP contribution < -0.4 is 10.1 Å². The van der Waals surface area contributed by atoms with E-state index in [1.54, 1.807) is 12.1 Å². The SMILES string of the molecule is CC.COc1cccc(F)c1C(C)F.C[C@@H]1CC[C@H](C(=O)Nc2ccc(CO)nc2)O1. The molecule has 1 fully saturated rings. The van der Waals surface area contributed by atoms with Crippen LogP contribution in [0, 0.1) is 5.82 Å². The number of nitrogens with zero attached hydrogens (tertiary/aromatic N) is 1. The first-order chi connectivity index (χ1) is 14.8. The molecule has 1 amide bonds. The van der Waals surface area contributed by atoms with E-state index in [9.17, 15) is 13.6 Å². The van der Waals surface area contributed by atoms with Gasteiger partial charge in [0.15, 0.2) is 0 Å². The van der Waals surface area contributed by atoms with Crippen molar-refractivity contribution < 1.29 is 28.2 Å². The molecule has 8 heteroatoms. The molecule has 0 saturated carbocycles. The molecule has 0 spiro atoms. The van der Waals surface area contributed by atoms with Crippen LogP contribution in [0.15, 0.2) is 36.5 Å². The average Bonchev–Trinajstić information content (AvgIpc) is 3.22. The van der Waals surface area contributed by atoms with E-state index in [-0.39, 0.29) is 36.0 Å². The highest BCUT2D eigenvalue weighted by atomic mass is 19.1. The van der Waals surface area contributed by atoms with Crippen molar-refractivity contribution in [1.82, 2.24) is 4.98 Å². The number of hydrogen-bond acceptors (Lipinski definition) is 5. The first-order valence-electron chi connectivity index (χ1n) is 10.3. The van der Waals surface area contributed by atoms with Gasteiger partial charge in [0.1, 0.15) is 23.8 Å². The Morgan fingerprint density at radius 1 is 1.32 bits per heavy atom. The molecular formula is C23H32F2N2O4. The summed E-state index contributed by atoms with van der Waals surface area (Å²) < 4.78 is 36.1. The smallest absolute Gasteiger partial charge is 0.253 e. The van der Waals surface area contributed by atoms with E-state index in [1.165, 1.54) is 38.4 Å². The number of benzene rings is 1. The predicted molar refractivity (Wildman–Crippen MR) is 116 cm³/mol. The van der Waals surface area contributed by atoms with Crippen LogP contribution in [0.2, 0.25) is 0 Å². The number of aliphatic hydroxyl groups is 1. The molecule has 1 aliphatic heterocycles. The van der Waals surface area contributed by atoms with E-state index in [1.807, 2.05) is 20.8 Å². The van der Waals surface area contributed by atoms with Crippen molar-refractivity contribution in [2.45, 2.75) is 65.5 Å². The molecule has 0 aliphatic carbocycles. The van der Waals surface area contributed by atoms with Crippen LogP contribution >= 0.6 is 0 Å². The highest BCUT2D eigenvalue weighted by molar-refractivity contribution is 5.94. The summed E-state index contributed by atoms with van der Waals surface area (Å²) in [5.41, 5.74) is 1.18. The lowest BCUT2D eigenvalue weighted by Gasteiger charge is -2.11. The summed E-state index contributed by atoms with van der Waals surface area (Å²) in [6.45, 7) is 7.14. The van der Waals surface area contributed by atoms with Crippen LogP contribution in [0.3, 0.4) is 0 Å². The standard InChI is InChI=1S/C12H16N2O3.C9H10F2O.C2H6/c1-8-2-5-11(17-8)12(16)14-9-3-4-10(7-15)13-6-9;1-6(10)9-7(11)4-3-5-8(9)12-2;1-2/h3-4,6,8,11,15H,2,5,7H2,1H3,(H,14,16);3-6H,1-2H3;1-2H3/t8-,11-;;/m1../s1. The van der Waals surface area contributed by atoms with Gasteiger partial charge in [-0.2, -0.15) is 0 Å². The third-order valence-electron chi connectivity index (χ3n) is 4.41. The zero-order valence-electron chi connectivity index (χ0n) is 18.7. The Labute approximate surface area is 182 Å². The summed E-state index contributed by atoms with van der Waals surface area (Å²) in [7, 11) is 1.39. The summed E-state index contributed by atoms with van der Waals surface area (Å²) in [5.74, 6) is -0.442. The van der Waals surface area contributed by atoms with E-state index >= 15 is 0 Å². The van der Waals surface area contributed by atoms with Gasteiger partial charge in [-0.15, -0.1) is 0 Å². The number of ether oxygens (including phenoxy) is 2. The quantitative estimate of drug-likeness (QED) is 0.689. The number of hydrogen-bond donors (Lipinski definition) is 2. The second kappa shape index (κ2) is 13.7. The van der Waals surface area contributed by atoms with Gasteiger partial charge in [0.05, 0.1) is 43.0 Å². The third kappa shape index (κ3) is 8.22. The highest BCUT2D eigenvalue weighted by Crippen LogP contribution is 2.29. The van der Waals surface area contributed by atoms with Crippen LogP contribution in [0.1, 0.15) is 58.0 Å². The summed E-state index contributed by atoms with van der Waals surface area (Å²) in [6, 6.07) is 7.63. The number of nitrogens with one attached hydrogen (secondary N) is 1. The normalized spacial score (nSPS) is 18.1. The maximum Gasteiger partial charge on any atom is 0.253 e. The van der Waals surface area contributed by atoms with Crippen molar-refractivity contribution in [3.63, 3.8) is 0 Å². The van der Waals surface area contributed by atoms with Crippen LogP contribution in [-0.2, 0) is 16.1 Å². The van der Waals surface area contributed by atoms with Crippen molar-refractivity contribution in [2.24, 2.45) is 0 Å². The van der Waals surface area contributed by atoms with Crippen LogP contribution in [0.25, 0.3) is 0 Å². The number of aliphatic hydroxyl groups excluding tert-OH is 1. The molecule has 31 heavy (non-hydrogen) atoms. The molecule has 3 atom stereocenters. The molecule has 6 nitrogen and oxygen atoms in total. The topological polar surface area (TPSA) is 80.7 Å². The lowest BCUT2D eigenvalue weighted by atomic mass is 10.1. The minimum atomic E-state index is -1.35. The molecule has 1 unspecified atom stereocenters. The maximum atomic E-state index is 13.0. The fourth-order valence-corrected chi connectivity index (χ4v) is 2.89. The molecule has 0 bridgehead atoms. The first-order valence-corrected chi connectivity index (χ1v) is 10.3. The lowest BCUT2D eigenvalue weighted by molar-refractivity contribution is -0.126. The van der Waals surface area contributed by atoms with Gasteiger partial charge in [-0.3, -0.25) is 9.78 Å². The average molecular weight is 439 g/mol. The van der Waals surface area contributed by atoms with E-state index in [0.29, 0.717) is 11.4 Å². The highest BCUT2D eigenvalue weighted by Gasteiger charge is 2.28. The Hall–Kier alpha value is -2.58. The van der Waals surface area contributed by atoms with E-state index in [2.05, 4.69) is 10.3 Å². The Bertz CT molecular complexity index is 801. The van der Waals surface area contributed by atoms with Gasteiger partial charge < -0.3 is 19.9 Å².